The van der Waals surface area contributed by atoms with E-state index in [9.17, 15) is 15.0 Å². The van der Waals surface area contributed by atoms with Crippen molar-refractivity contribution in [2.45, 2.75) is 71.6 Å². The maximum Gasteiger partial charge on any atom is 0.333 e. The van der Waals surface area contributed by atoms with Crippen molar-refractivity contribution < 1.29 is 34.0 Å². The number of aliphatic hydroxyl groups is 1. The first-order valence-corrected chi connectivity index (χ1v) is 10.5. The largest absolute Gasteiger partial charge is 0.479 e. The molecule has 2 heterocycles. The number of methoxy groups -OCH3 is 1. The van der Waals surface area contributed by atoms with Crippen molar-refractivity contribution in [1.82, 2.24) is 0 Å². The maximum absolute atomic E-state index is 11.5. The van der Waals surface area contributed by atoms with Gasteiger partial charge in [-0.2, -0.15) is 0 Å². The molecule has 0 spiro atoms. The predicted molar refractivity (Wildman–Crippen MR) is 104 cm³/mol. The predicted octanol–water partition coefficient (Wildman–Crippen LogP) is 2.20. The highest BCUT2D eigenvalue weighted by molar-refractivity contribution is 5.73. The molecule has 0 radical (unpaired) electrons. The van der Waals surface area contributed by atoms with E-state index < -0.39 is 30.2 Å². The van der Waals surface area contributed by atoms with E-state index in [2.05, 4.69) is 20.8 Å². The van der Waals surface area contributed by atoms with E-state index >= 15 is 0 Å². The van der Waals surface area contributed by atoms with Gasteiger partial charge >= 0.3 is 5.97 Å². The molecule has 2 aliphatic heterocycles. The number of hydrogen-bond acceptors (Lipinski definition) is 6. The molecule has 2 fully saturated rings. The molecule has 2 N–H and O–H groups in total. The summed E-state index contributed by atoms with van der Waals surface area (Å²) in [5.74, 6) is -0.583. The Morgan fingerprint density at radius 2 is 1.57 bits per heavy atom. The van der Waals surface area contributed by atoms with E-state index in [0.29, 0.717) is 31.5 Å². The van der Waals surface area contributed by atoms with Gasteiger partial charge in [-0.3, -0.25) is 0 Å². The Hall–Kier alpha value is -0.730. The lowest BCUT2D eigenvalue weighted by atomic mass is 9.76. The van der Waals surface area contributed by atoms with Crippen molar-refractivity contribution in [2.75, 3.05) is 26.9 Å². The van der Waals surface area contributed by atoms with Crippen molar-refractivity contribution in [3.05, 3.63) is 0 Å². The molecular formula is C21H38O7. The number of carboxylic acid groups (broad SMARTS) is 1. The van der Waals surface area contributed by atoms with E-state index in [1.165, 1.54) is 0 Å². The minimum atomic E-state index is -1.02. The van der Waals surface area contributed by atoms with Crippen molar-refractivity contribution in [2.24, 2.45) is 29.6 Å². The summed E-state index contributed by atoms with van der Waals surface area (Å²) in [6, 6.07) is 0. The van der Waals surface area contributed by atoms with Crippen molar-refractivity contribution in [3.63, 3.8) is 0 Å². The second kappa shape index (κ2) is 10.3. The Labute approximate surface area is 168 Å². The minimum Gasteiger partial charge on any atom is -0.479 e. The third kappa shape index (κ3) is 5.05. The molecule has 0 aromatic rings. The summed E-state index contributed by atoms with van der Waals surface area (Å²) in [7, 11) is 1.69. The number of aliphatic hydroxyl groups excluding tert-OH is 1. The molecule has 2 rings (SSSR count). The van der Waals surface area contributed by atoms with Crippen LogP contribution in [0.3, 0.4) is 0 Å². The second-order valence-corrected chi connectivity index (χ2v) is 8.61. The third-order valence-electron chi connectivity index (χ3n) is 7.00. The average molecular weight is 403 g/mol. The van der Waals surface area contributed by atoms with Gasteiger partial charge < -0.3 is 29.2 Å². The second-order valence-electron chi connectivity index (χ2n) is 8.61. The monoisotopic (exact) mass is 402 g/mol. The zero-order chi connectivity index (χ0) is 21.0. The third-order valence-corrected chi connectivity index (χ3v) is 7.00. The molecule has 10 atom stereocenters. The zero-order valence-corrected chi connectivity index (χ0v) is 18.0. The van der Waals surface area contributed by atoms with Gasteiger partial charge in [0.15, 0.2) is 6.10 Å². The quantitative estimate of drug-likeness (QED) is 0.643. The molecule has 10 unspecified atom stereocenters. The Bertz CT molecular complexity index is 499. The van der Waals surface area contributed by atoms with E-state index in [4.69, 9.17) is 18.9 Å². The first kappa shape index (κ1) is 23.5. The Balaban J connectivity index is 1.92. The normalized spacial score (nSPS) is 44.4. The molecule has 7 heteroatoms. The van der Waals surface area contributed by atoms with Crippen LogP contribution < -0.4 is 0 Å². The van der Waals surface area contributed by atoms with Crippen LogP contribution in [-0.4, -0.2) is 73.6 Å². The summed E-state index contributed by atoms with van der Waals surface area (Å²) in [6.07, 6.45) is -1.43. The van der Waals surface area contributed by atoms with Crippen LogP contribution in [0.1, 0.15) is 41.0 Å². The van der Waals surface area contributed by atoms with E-state index in [1.54, 1.807) is 7.11 Å². The van der Waals surface area contributed by atoms with Gasteiger partial charge in [0.1, 0.15) is 0 Å². The molecular weight excluding hydrogens is 364 g/mol. The van der Waals surface area contributed by atoms with Gasteiger partial charge in [0.25, 0.3) is 0 Å². The van der Waals surface area contributed by atoms with Gasteiger partial charge in [0.05, 0.1) is 44.2 Å². The number of aliphatic carboxylic acids is 1. The van der Waals surface area contributed by atoms with Crippen LogP contribution in [0.2, 0.25) is 0 Å². The Morgan fingerprint density at radius 3 is 2.14 bits per heavy atom. The molecule has 2 aliphatic rings. The minimum absolute atomic E-state index is 0.0536. The molecule has 28 heavy (non-hydrogen) atoms. The van der Waals surface area contributed by atoms with Gasteiger partial charge in [-0.1, -0.05) is 27.7 Å². The van der Waals surface area contributed by atoms with Gasteiger partial charge in [0, 0.05) is 24.9 Å². The first-order valence-electron chi connectivity index (χ1n) is 10.5. The smallest absolute Gasteiger partial charge is 0.333 e. The highest BCUT2D eigenvalue weighted by Crippen LogP contribution is 2.36. The van der Waals surface area contributed by atoms with Crippen molar-refractivity contribution >= 4 is 5.97 Å². The maximum atomic E-state index is 11.5. The molecule has 0 amide bonds. The lowest BCUT2D eigenvalue weighted by molar-refractivity contribution is -0.206. The molecule has 2 saturated heterocycles. The molecule has 0 aromatic heterocycles. The number of carboxylic acids is 1. The Morgan fingerprint density at radius 1 is 0.929 bits per heavy atom. The average Bonchev–Trinajstić information content (AvgIpc) is 2.65. The fourth-order valence-electron chi connectivity index (χ4n) is 4.71. The summed E-state index contributed by atoms with van der Waals surface area (Å²) in [5.41, 5.74) is 0. The molecule has 0 saturated carbocycles. The van der Waals surface area contributed by atoms with E-state index in [1.807, 2.05) is 13.8 Å². The van der Waals surface area contributed by atoms with Crippen LogP contribution in [0.4, 0.5) is 0 Å². The zero-order valence-electron chi connectivity index (χ0n) is 18.0. The van der Waals surface area contributed by atoms with Gasteiger partial charge in [0.2, 0.25) is 0 Å². The van der Waals surface area contributed by atoms with Crippen molar-refractivity contribution in [1.29, 1.82) is 0 Å². The van der Waals surface area contributed by atoms with Crippen LogP contribution in [-0.2, 0) is 23.7 Å². The lowest BCUT2D eigenvalue weighted by Gasteiger charge is -2.44. The molecule has 7 nitrogen and oxygen atoms in total. The fraction of sp³-hybridized carbons (Fsp3) is 0.952. The molecule has 0 aromatic carbocycles. The SMILES string of the molecule is CCC1C(C(=O)O)OC(COCC2C(C)OC(COC)C(C)C2C)C(C)C1O. The van der Waals surface area contributed by atoms with Crippen LogP contribution in [0.25, 0.3) is 0 Å². The first-order chi connectivity index (χ1) is 13.2. The van der Waals surface area contributed by atoms with Crippen LogP contribution >= 0.6 is 0 Å². The van der Waals surface area contributed by atoms with Crippen LogP contribution in [0.5, 0.6) is 0 Å². The fourth-order valence-corrected chi connectivity index (χ4v) is 4.71. The highest BCUT2D eigenvalue weighted by atomic mass is 16.6. The summed E-state index contributed by atoms with van der Waals surface area (Å²) < 4.78 is 23.2. The van der Waals surface area contributed by atoms with Gasteiger partial charge in [-0.15, -0.1) is 0 Å². The summed E-state index contributed by atoms with van der Waals surface area (Å²) in [6.45, 7) is 11.6. The van der Waals surface area contributed by atoms with E-state index in [-0.39, 0.29) is 30.7 Å². The Kier molecular flexibility index (Phi) is 8.70. The number of rotatable bonds is 8. The lowest BCUT2D eigenvalue weighted by Crippen LogP contribution is -2.54. The van der Waals surface area contributed by atoms with Crippen molar-refractivity contribution in [3.8, 4) is 0 Å². The highest BCUT2D eigenvalue weighted by Gasteiger charge is 2.45. The van der Waals surface area contributed by atoms with E-state index in [0.717, 1.165) is 0 Å². The summed E-state index contributed by atoms with van der Waals surface area (Å²) in [5, 5.41) is 20.0. The van der Waals surface area contributed by atoms with Gasteiger partial charge in [-0.25, -0.2) is 4.79 Å². The molecule has 164 valence electrons. The molecule has 0 aliphatic carbocycles. The topological polar surface area (TPSA) is 94.5 Å². The standard InChI is InChI=1S/C21H38O7/c1-7-15-19(22)13(4)18(28-20(15)21(23)24)10-26-8-16-11(2)12(3)17(9-25-6)27-14(16)5/h11-20,22H,7-10H2,1-6H3,(H,23,24). The number of hydrogen-bond donors (Lipinski definition) is 2. The molecule has 0 bridgehead atoms. The number of carbonyl (C=O) groups is 1. The summed E-state index contributed by atoms with van der Waals surface area (Å²) >= 11 is 0. The van der Waals surface area contributed by atoms with Crippen LogP contribution in [0.15, 0.2) is 0 Å². The number of ether oxygens (including phenoxy) is 4. The van der Waals surface area contributed by atoms with Crippen LogP contribution in [0, 0.1) is 29.6 Å². The van der Waals surface area contributed by atoms with Gasteiger partial charge in [-0.05, 0) is 25.2 Å². The summed E-state index contributed by atoms with van der Waals surface area (Å²) in [4.78, 5) is 11.5.